The lowest BCUT2D eigenvalue weighted by Gasteiger charge is -2.01. The van der Waals surface area contributed by atoms with Crippen LogP contribution in [-0.4, -0.2) is 14.8 Å². The molecule has 86 valence electrons. The number of anilines is 1. The summed E-state index contributed by atoms with van der Waals surface area (Å²) in [7, 11) is 1.86. The topological polar surface area (TPSA) is 56.7 Å². The van der Waals surface area contributed by atoms with Crippen molar-refractivity contribution in [2.75, 3.05) is 5.73 Å². The van der Waals surface area contributed by atoms with Crippen molar-refractivity contribution in [3.63, 3.8) is 0 Å². The molecule has 0 aliphatic carbocycles. The third kappa shape index (κ3) is 1.45. The molecule has 0 bridgehead atoms. The predicted octanol–water partition coefficient (Wildman–Crippen LogP) is 2.27. The van der Waals surface area contributed by atoms with E-state index in [0.717, 1.165) is 28.4 Å². The van der Waals surface area contributed by atoms with Crippen LogP contribution in [0.3, 0.4) is 0 Å². The van der Waals surface area contributed by atoms with Crippen molar-refractivity contribution >= 4 is 27.8 Å². The Morgan fingerprint density at radius 1 is 1.29 bits per heavy atom. The van der Waals surface area contributed by atoms with Gasteiger partial charge < -0.3 is 5.73 Å². The van der Waals surface area contributed by atoms with Crippen LogP contribution in [0, 0.1) is 0 Å². The number of aryl methyl sites for hydroxylation is 2. The van der Waals surface area contributed by atoms with Gasteiger partial charge in [0.25, 0.3) is 0 Å². The molecule has 0 saturated heterocycles. The van der Waals surface area contributed by atoms with Crippen molar-refractivity contribution in [1.29, 1.82) is 0 Å². The molecule has 2 heterocycles. The SMILES string of the molecule is CCc1ccc2nc3c(cc2c1)c(N)nn3C. The van der Waals surface area contributed by atoms with Crippen molar-refractivity contribution in [3.05, 3.63) is 29.8 Å². The molecular formula is C13H14N4. The molecule has 3 rings (SSSR count). The van der Waals surface area contributed by atoms with Gasteiger partial charge >= 0.3 is 0 Å². The fraction of sp³-hybridized carbons (Fsp3) is 0.231. The summed E-state index contributed by atoms with van der Waals surface area (Å²) in [5.41, 5.74) is 8.99. The lowest BCUT2D eigenvalue weighted by molar-refractivity contribution is 0.792. The molecule has 17 heavy (non-hydrogen) atoms. The minimum atomic E-state index is 0.541. The summed E-state index contributed by atoms with van der Waals surface area (Å²) in [5.74, 6) is 0.541. The van der Waals surface area contributed by atoms with Crippen molar-refractivity contribution in [1.82, 2.24) is 14.8 Å². The fourth-order valence-electron chi connectivity index (χ4n) is 2.13. The van der Waals surface area contributed by atoms with Crippen LogP contribution in [-0.2, 0) is 13.5 Å². The van der Waals surface area contributed by atoms with Crippen LogP contribution >= 0.6 is 0 Å². The second-order valence-electron chi connectivity index (χ2n) is 4.25. The summed E-state index contributed by atoms with van der Waals surface area (Å²) in [6, 6.07) is 8.39. The molecule has 0 spiro atoms. The van der Waals surface area contributed by atoms with E-state index in [1.54, 1.807) is 4.68 Å². The molecule has 0 aliphatic rings. The maximum absolute atomic E-state index is 5.87. The molecule has 0 aliphatic heterocycles. The number of aromatic nitrogens is 3. The second-order valence-corrected chi connectivity index (χ2v) is 4.25. The van der Waals surface area contributed by atoms with E-state index in [1.165, 1.54) is 5.56 Å². The van der Waals surface area contributed by atoms with E-state index in [-0.39, 0.29) is 0 Å². The zero-order chi connectivity index (χ0) is 12.0. The molecule has 1 aromatic carbocycles. The lowest BCUT2D eigenvalue weighted by atomic mass is 10.1. The predicted molar refractivity (Wildman–Crippen MR) is 69.8 cm³/mol. The maximum atomic E-state index is 5.87. The molecule has 0 atom stereocenters. The van der Waals surface area contributed by atoms with E-state index in [1.807, 2.05) is 7.05 Å². The zero-order valence-electron chi connectivity index (χ0n) is 9.94. The second kappa shape index (κ2) is 3.45. The van der Waals surface area contributed by atoms with Crippen LogP contribution < -0.4 is 5.73 Å². The number of fused-ring (bicyclic) bond motifs is 2. The van der Waals surface area contributed by atoms with E-state index in [0.29, 0.717) is 5.82 Å². The first kappa shape index (κ1) is 10.1. The van der Waals surface area contributed by atoms with Crippen molar-refractivity contribution < 1.29 is 0 Å². The summed E-state index contributed by atoms with van der Waals surface area (Å²) < 4.78 is 1.72. The van der Waals surface area contributed by atoms with Gasteiger partial charge in [-0.05, 0) is 30.2 Å². The lowest BCUT2D eigenvalue weighted by Crippen LogP contribution is -1.93. The largest absolute Gasteiger partial charge is 0.382 e. The molecular weight excluding hydrogens is 212 g/mol. The van der Waals surface area contributed by atoms with Crippen molar-refractivity contribution in [2.45, 2.75) is 13.3 Å². The van der Waals surface area contributed by atoms with E-state index in [9.17, 15) is 0 Å². The van der Waals surface area contributed by atoms with E-state index < -0.39 is 0 Å². The molecule has 0 fully saturated rings. The molecule has 2 N–H and O–H groups in total. The van der Waals surface area contributed by atoms with Crippen LogP contribution in [0.15, 0.2) is 24.3 Å². The van der Waals surface area contributed by atoms with Crippen LogP contribution in [0.5, 0.6) is 0 Å². The van der Waals surface area contributed by atoms with Crippen LogP contribution in [0.2, 0.25) is 0 Å². The normalized spacial score (nSPS) is 11.4. The van der Waals surface area contributed by atoms with Gasteiger partial charge in [0.05, 0.1) is 10.9 Å². The number of hydrogen-bond donors (Lipinski definition) is 1. The van der Waals surface area contributed by atoms with Gasteiger partial charge in [0, 0.05) is 12.4 Å². The highest BCUT2D eigenvalue weighted by Crippen LogP contribution is 2.24. The highest BCUT2D eigenvalue weighted by Gasteiger charge is 2.08. The Balaban J connectivity index is 2.41. The Morgan fingerprint density at radius 3 is 2.88 bits per heavy atom. The smallest absolute Gasteiger partial charge is 0.160 e. The average Bonchev–Trinajstić information content (AvgIpc) is 2.62. The molecule has 3 aromatic rings. The van der Waals surface area contributed by atoms with Crippen LogP contribution in [0.1, 0.15) is 12.5 Å². The van der Waals surface area contributed by atoms with Gasteiger partial charge in [-0.25, -0.2) is 9.67 Å². The molecule has 4 nitrogen and oxygen atoms in total. The summed E-state index contributed by atoms with van der Waals surface area (Å²) in [4.78, 5) is 4.59. The van der Waals surface area contributed by atoms with E-state index >= 15 is 0 Å². The molecule has 0 amide bonds. The number of rotatable bonds is 1. The van der Waals surface area contributed by atoms with Gasteiger partial charge in [0.15, 0.2) is 11.5 Å². The number of benzene rings is 1. The first-order valence-electron chi connectivity index (χ1n) is 5.71. The van der Waals surface area contributed by atoms with Crippen molar-refractivity contribution in [3.8, 4) is 0 Å². The minimum Gasteiger partial charge on any atom is -0.382 e. The average molecular weight is 226 g/mol. The number of pyridine rings is 1. The summed E-state index contributed by atoms with van der Waals surface area (Å²) in [5, 5.41) is 6.23. The van der Waals surface area contributed by atoms with Crippen LogP contribution in [0.25, 0.3) is 21.9 Å². The van der Waals surface area contributed by atoms with Gasteiger partial charge in [0.2, 0.25) is 0 Å². The Bertz CT molecular complexity index is 712. The highest BCUT2D eigenvalue weighted by atomic mass is 15.3. The minimum absolute atomic E-state index is 0.541. The standard InChI is InChI=1S/C13H14N4/c1-3-8-4-5-11-9(6-8)7-10-12(14)16-17(2)13(10)15-11/h4-7H,3H2,1-2H3,(H2,14,16). The molecule has 0 saturated carbocycles. The van der Waals surface area contributed by atoms with Crippen LogP contribution in [0.4, 0.5) is 5.82 Å². The monoisotopic (exact) mass is 226 g/mol. The molecule has 0 radical (unpaired) electrons. The molecule has 2 aromatic heterocycles. The first-order valence-corrected chi connectivity index (χ1v) is 5.71. The zero-order valence-corrected chi connectivity index (χ0v) is 9.94. The first-order chi connectivity index (χ1) is 8.19. The molecule has 0 unspecified atom stereocenters. The number of nitrogens with zero attached hydrogens (tertiary/aromatic N) is 3. The summed E-state index contributed by atoms with van der Waals surface area (Å²) >= 11 is 0. The Morgan fingerprint density at radius 2 is 2.12 bits per heavy atom. The van der Waals surface area contributed by atoms with Crippen molar-refractivity contribution in [2.24, 2.45) is 7.05 Å². The van der Waals surface area contributed by atoms with Gasteiger partial charge in [0.1, 0.15) is 0 Å². The maximum Gasteiger partial charge on any atom is 0.160 e. The van der Waals surface area contributed by atoms with Gasteiger partial charge in [-0.2, -0.15) is 5.10 Å². The van der Waals surface area contributed by atoms with E-state index in [2.05, 4.69) is 41.3 Å². The van der Waals surface area contributed by atoms with E-state index in [4.69, 9.17) is 5.73 Å². The van der Waals surface area contributed by atoms with Gasteiger partial charge in [-0.15, -0.1) is 0 Å². The number of nitrogen functional groups attached to an aromatic ring is 1. The third-order valence-electron chi connectivity index (χ3n) is 3.11. The molecule has 4 heteroatoms. The Hall–Kier alpha value is -2.10. The third-order valence-corrected chi connectivity index (χ3v) is 3.11. The fourth-order valence-corrected chi connectivity index (χ4v) is 2.13. The number of hydrogen-bond acceptors (Lipinski definition) is 3. The quantitative estimate of drug-likeness (QED) is 0.692. The summed E-state index contributed by atoms with van der Waals surface area (Å²) in [6.45, 7) is 2.14. The Kier molecular flexibility index (Phi) is 2.04. The van der Waals surface area contributed by atoms with Gasteiger partial charge in [-0.3, -0.25) is 0 Å². The highest BCUT2D eigenvalue weighted by molar-refractivity contribution is 5.96. The number of nitrogens with two attached hydrogens (primary N) is 1. The summed E-state index contributed by atoms with van der Waals surface area (Å²) in [6.07, 6.45) is 1.02. The van der Waals surface area contributed by atoms with Gasteiger partial charge in [-0.1, -0.05) is 13.0 Å². The Labute approximate surface area is 99.1 Å².